The third-order valence-electron chi connectivity index (χ3n) is 3.23. The highest BCUT2D eigenvalue weighted by molar-refractivity contribution is 5.42. The molecule has 0 fully saturated rings. The average Bonchev–Trinajstić information content (AvgIpc) is 2.46. The van der Waals surface area contributed by atoms with Crippen LogP contribution < -0.4 is 4.74 Å². The summed E-state index contributed by atoms with van der Waals surface area (Å²) in [5, 5.41) is 0. The zero-order valence-corrected chi connectivity index (χ0v) is 9.83. The topological polar surface area (TPSA) is 18.5 Å². The quantitative estimate of drug-likeness (QED) is 0.740. The highest BCUT2D eigenvalue weighted by Gasteiger charge is 2.39. The van der Waals surface area contributed by atoms with E-state index in [1.807, 2.05) is 6.07 Å². The summed E-state index contributed by atoms with van der Waals surface area (Å²) in [6.07, 6.45) is 1.26. The van der Waals surface area contributed by atoms with Crippen molar-refractivity contribution < 1.29 is 9.47 Å². The minimum Gasteiger partial charge on any atom is -0.497 e. The van der Waals surface area contributed by atoms with Crippen LogP contribution in [0.3, 0.4) is 0 Å². The maximum absolute atomic E-state index is 5.60. The summed E-state index contributed by atoms with van der Waals surface area (Å²) in [4.78, 5) is 0. The number of fused-ring (bicyclic) bond motifs is 1. The molecule has 0 amide bonds. The van der Waals surface area contributed by atoms with E-state index in [0.29, 0.717) is 0 Å². The van der Waals surface area contributed by atoms with Crippen molar-refractivity contribution in [3.63, 3.8) is 0 Å². The van der Waals surface area contributed by atoms with E-state index in [9.17, 15) is 0 Å². The largest absolute Gasteiger partial charge is 0.497 e. The van der Waals surface area contributed by atoms with Crippen LogP contribution >= 0.6 is 0 Å². The fourth-order valence-corrected chi connectivity index (χ4v) is 2.56. The van der Waals surface area contributed by atoms with Gasteiger partial charge in [-0.05, 0) is 35.1 Å². The van der Waals surface area contributed by atoms with Gasteiger partial charge < -0.3 is 9.47 Å². The first kappa shape index (κ1) is 10.5. The smallest absolute Gasteiger partial charge is 0.119 e. The summed E-state index contributed by atoms with van der Waals surface area (Å²) in [6.45, 7) is 4.49. The Kier molecular flexibility index (Phi) is 2.47. The molecule has 1 aromatic carbocycles. The van der Waals surface area contributed by atoms with Crippen LogP contribution in [-0.2, 0) is 11.2 Å². The molecule has 0 saturated heterocycles. The summed E-state index contributed by atoms with van der Waals surface area (Å²) >= 11 is 0. The standard InChI is InChI=1S/C13H18O2/c1-13(2)8-9-5-6-10(14-3)7-11(9)12(13)15-4/h5-7,12H,8H2,1-4H3. The van der Waals surface area contributed by atoms with Gasteiger partial charge in [-0.3, -0.25) is 0 Å². The molecule has 1 unspecified atom stereocenters. The third kappa shape index (κ3) is 1.63. The normalized spacial score (nSPS) is 22.5. The van der Waals surface area contributed by atoms with E-state index >= 15 is 0 Å². The third-order valence-corrected chi connectivity index (χ3v) is 3.23. The maximum atomic E-state index is 5.60. The molecule has 0 aliphatic heterocycles. The van der Waals surface area contributed by atoms with Gasteiger partial charge in [0, 0.05) is 7.11 Å². The van der Waals surface area contributed by atoms with Gasteiger partial charge in [-0.25, -0.2) is 0 Å². The zero-order chi connectivity index (χ0) is 11.1. The lowest BCUT2D eigenvalue weighted by molar-refractivity contribution is 0.0189. The Morgan fingerprint density at radius 2 is 2.00 bits per heavy atom. The van der Waals surface area contributed by atoms with Crippen molar-refractivity contribution in [2.45, 2.75) is 26.4 Å². The molecule has 0 radical (unpaired) electrons. The number of benzene rings is 1. The Bertz CT molecular complexity index is 369. The summed E-state index contributed by atoms with van der Waals surface area (Å²) in [6, 6.07) is 6.26. The van der Waals surface area contributed by atoms with Crippen molar-refractivity contribution in [2.24, 2.45) is 5.41 Å². The lowest BCUT2D eigenvalue weighted by Gasteiger charge is -2.26. The molecule has 0 spiro atoms. The number of hydrogen-bond acceptors (Lipinski definition) is 2. The Balaban J connectivity index is 2.45. The Morgan fingerprint density at radius 1 is 1.27 bits per heavy atom. The lowest BCUT2D eigenvalue weighted by Crippen LogP contribution is -2.18. The summed E-state index contributed by atoms with van der Waals surface area (Å²) in [7, 11) is 3.48. The molecule has 1 atom stereocenters. The molecule has 0 saturated carbocycles. The van der Waals surface area contributed by atoms with Crippen LogP contribution in [0.5, 0.6) is 5.75 Å². The van der Waals surface area contributed by atoms with Gasteiger partial charge >= 0.3 is 0 Å². The van der Waals surface area contributed by atoms with E-state index in [1.165, 1.54) is 11.1 Å². The molecule has 2 rings (SSSR count). The van der Waals surface area contributed by atoms with E-state index in [2.05, 4.69) is 26.0 Å². The fraction of sp³-hybridized carbons (Fsp3) is 0.538. The Labute approximate surface area is 91.2 Å². The molecule has 0 bridgehead atoms. The van der Waals surface area contributed by atoms with Crippen LogP contribution in [0.2, 0.25) is 0 Å². The van der Waals surface area contributed by atoms with E-state index in [1.54, 1.807) is 14.2 Å². The van der Waals surface area contributed by atoms with Crippen molar-refractivity contribution >= 4 is 0 Å². The second kappa shape index (κ2) is 3.53. The van der Waals surface area contributed by atoms with Crippen molar-refractivity contribution in [3.8, 4) is 5.75 Å². The molecule has 1 aromatic rings. The van der Waals surface area contributed by atoms with E-state index in [4.69, 9.17) is 9.47 Å². The molecule has 1 aliphatic carbocycles. The number of rotatable bonds is 2. The van der Waals surface area contributed by atoms with E-state index in [-0.39, 0.29) is 11.5 Å². The Hall–Kier alpha value is -1.02. The Morgan fingerprint density at radius 3 is 2.60 bits per heavy atom. The van der Waals surface area contributed by atoms with Gasteiger partial charge in [0.1, 0.15) is 5.75 Å². The molecule has 1 aliphatic rings. The minimum atomic E-state index is 0.183. The minimum absolute atomic E-state index is 0.183. The van der Waals surface area contributed by atoms with Gasteiger partial charge in [0.15, 0.2) is 0 Å². The molecule has 82 valence electrons. The molecule has 0 heterocycles. The number of hydrogen-bond donors (Lipinski definition) is 0. The highest BCUT2D eigenvalue weighted by atomic mass is 16.5. The fourth-order valence-electron chi connectivity index (χ4n) is 2.56. The van der Waals surface area contributed by atoms with Crippen molar-refractivity contribution in [1.82, 2.24) is 0 Å². The predicted molar refractivity (Wildman–Crippen MR) is 60.2 cm³/mol. The first-order valence-corrected chi connectivity index (χ1v) is 5.28. The zero-order valence-electron chi connectivity index (χ0n) is 9.83. The van der Waals surface area contributed by atoms with Gasteiger partial charge in [-0.15, -0.1) is 0 Å². The van der Waals surface area contributed by atoms with E-state index < -0.39 is 0 Å². The van der Waals surface area contributed by atoms with Crippen LogP contribution in [0.1, 0.15) is 31.1 Å². The maximum Gasteiger partial charge on any atom is 0.119 e. The summed E-state index contributed by atoms with van der Waals surface area (Å²) in [5.74, 6) is 0.911. The molecule has 15 heavy (non-hydrogen) atoms. The monoisotopic (exact) mass is 206 g/mol. The van der Waals surface area contributed by atoms with Gasteiger partial charge in [-0.2, -0.15) is 0 Å². The summed E-state index contributed by atoms with van der Waals surface area (Å²) in [5.41, 5.74) is 2.85. The molecular formula is C13H18O2. The van der Waals surface area contributed by atoms with Crippen molar-refractivity contribution in [3.05, 3.63) is 29.3 Å². The molecule has 0 N–H and O–H groups in total. The van der Waals surface area contributed by atoms with Crippen LogP contribution in [-0.4, -0.2) is 14.2 Å². The molecular weight excluding hydrogens is 188 g/mol. The van der Waals surface area contributed by atoms with Gasteiger partial charge in [0.25, 0.3) is 0 Å². The van der Waals surface area contributed by atoms with Gasteiger partial charge in [0.05, 0.1) is 13.2 Å². The SMILES string of the molecule is COc1ccc2c(c1)C(OC)C(C)(C)C2. The average molecular weight is 206 g/mol. The van der Waals surface area contributed by atoms with Crippen LogP contribution in [0.25, 0.3) is 0 Å². The number of methoxy groups -OCH3 is 2. The van der Waals surface area contributed by atoms with E-state index in [0.717, 1.165) is 12.2 Å². The highest BCUT2D eigenvalue weighted by Crippen LogP contribution is 2.47. The summed E-state index contributed by atoms with van der Waals surface area (Å²) < 4.78 is 10.8. The molecule has 0 aromatic heterocycles. The predicted octanol–water partition coefficient (Wildman–Crippen LogP) is 2.97. The van der Waals surface area contributed by atoms with Crippen molar-refractivity contribution in [2.75, 3.05) is 14.2 Å². The first-order chi connectivity index (χ1) is 7.08. The molecule has 2 nitrogen and oxygen atoms in total. The lowest BCUT2D eigenvalue weighted by atomic mass is 9.87. The van der Waals surface area contributed by atoms with Gasteiger partial charge in [0.2, 0.25) is 0 Å². The second-order valence-electron chi connectivity index (χ2n) is 4.85. The van der Waals surface area contributed by atoms with Crippen LogP contribution in [0.4, 0.5) is 0 Å². The van der Waals surface area contributed by atoms with Gasteiger partial charge in [-0.1, -0.05) is 19.9 Å². The number of ether oxygens (including phenoxy) is 2. The second-order valence-corrected chi connectivity index (χ2v) is 4.85. The van der Waals surface area contributed by atoms with Crippen molar-refractivity contribution in [1.29, 1.82) is 0 Å². The van der Waals surface area contributed by atoms with Crippen LogP contribution in [0.15, 0.2) is 18.2 Å². The first-order valence-electron chi connectivity index (χ1n) is 5.28. The van der Waals surface area contributed by atoms with Crippen LogP contribution in [0, 0.1) is 5.41 Å². The molecule has 2 heteroatoms.